The maximum Gasteiger partial charge on any atom is 0.119 e. The van der Waals surface area contributed by atoms with E-state index in [4.69, 9.17) is 4.74 Å². The van der Waals surface area contributed by atoms with Gasteiger partial charge in [-0.15, -0.1) is 0 Å². The van der Waals surface area contributed by atoms with Gasteiger partial charge in [-0.05, 0) is 43.1 Å². The molecule has 0 amide bonds. The molecule has 1 aliphatic rings. The summed E-state index contributed by atoms with van der Waals surface area (Å²) in [7, 11) is 2.00. The van der Waals surface area contributed by atoms with Gasteiger partial charge in [0.25, 0.3) is 0 Å². The number of alkyl halides is 1. The van der Waals surface area contributed by atoms with Crippen LogP contribution < -0.4 is 4.74 Å². The quantitative estimate of drug-likeness (QED) is 0.716. The first-order valence-corrected chi connectivity index (χ1v) is 10.1. The first kappa shape index (κ1) is 20.8. The third-order valence-corrected chi connectivity index (χ3v) is 5.11. The molecular formula is C23H31FN2O2. The number of aliphatic hydroxyl groups is 1. The van der Waals surface area contributed by atoms with E-state index in [1.807, 2.05) is 49.5 Å². The Bertz CT molecular complexity index is 688. The summed E-state index contributed by atoms with van der Waals surface area (Å²) < 4.78 is 19.0. The number of piperidine rings is 1. The Balaban J connectivity index is 1.38. The van der Waals surface area contributed by atoms with E-state index < -0.39 is 12.3 Å². The minimum atomic E-state index is -0.634. The van der Waals surface area contributed by atoms with E-state index >= 15 is 0 Å². The molecule has 152 valence electrons. The number of nitrogens with zero attached hydrogens (tertiary/aromatic N) is 2. The number of halogens is 1. The summed E-state index contributed by atoms with van der Waals surface area (Å²) >= 11 is 0. The van der Waals surface area contributed by atoms with Crippen molar-refractivity contribution >= 4 is 0 Å². The summed E-state index contributed by atoms with van der Waals surface area (Å²) in [5.74, 6) is 0.760. The number of hydrogen-bond acceptors (Lipinski definition) is 4. The van der Waals surface area contributed by atoms with Crippen molar-refractivity contribution in [3.05, 3.63) is 65.7 Å². The van der Waals surface area contributed by atoms with Crippen LogP contribution >= 0.6 is 0 Å². The van der Waals surface area contributed by atoms with Crippen LogP contribution in [0.5, 0.6) is 5.75 Å². The Morgan fingerprint density at radius 2 is 1.75 bits per heavy atom. The van der Waals surface area contributed by atoms with Crippen molar-refractivity contribution < 1.29 is 14.2 Å². The monoisotopic (exact) mass is 386 g/mol. The van der Waals surface area contributed by atoms with Crippen molar-refractivity contribution in [2.45, 2.75) is 38.2 Å². The van der Waals surface area contributed by atoms with Crippen LogP contribution in [0.1, 0.15) is 24.0 Å². The highest BCUT2D eigenvalue weighted by molar-refractivity contribution is 5.27. The predicted octanol–water partition coefficient (Wildman–Crippen LogP) is 3.49. The summed E-state index contributed by atoms with van der Waals surface area (Å²) in [6.07, 6.45) is 0.0934. The summed E-state index contributed by atoms with van der Waals surface area (Å²) in [6.45, 7) is 4.11. The second kappa shape index (κ2) is 10.6. The maximum atomic E-state index is 13.2. The fraction of sp³-hybridized carbons (Fsp3) is 0.478. The van der Waals surface area contributed by atoms with Crippen molar-refractivity contribution in [1.29, 1.82) is 0 Å². The number of ether oxygens (including phenoxy) is 1. The van der Waals surface area contributed by atoms with Crippen LogP contribution in [-0.2, 0) is 13.1 Å². The van der Waals surface area contributed by atoms with Gasteiger partial charge in [-0.1, -0.05) is 42.5 Å². The van der Waals surface area contributed by atoms with Crippen LogP contribution in [0.3, 0.4) is 0 Å². The van der Waals surface area contributed by atoms with Gasteiger partial charge in [-0.3, -0.25) is 9.80 Å². The van der Waals surface area contributed by atoms with Gasteiger partial charge >= 0.3 is 0 Å². The average molecular weight is 387 g/mol. The molecule has 1 fully saturated rings. The topological polar surface area (TPSA) is 35.9 Å². The number of aliphatic hydroxyl groups excluding tert-OH is 1. The SMILES string of the molecule is CN(Cc1ccccc1)CC(O)COc1ccc(CN2CCC(F)CC2)cc1. The molecule has 0 radical (unpaired) electrons. The Kier molecular flexibility index (Phi) is 7.83. The van der Waals surface area contributed by atoms with E-state index in [2.05, 4.69) is 21.9 Å². The van der Waals surface area contributed by atoms with Gasteiger partial charge in [0.2, 0.25) is 0 Å². The number of likely N-dealkylation sites (N-methyl/N-ethyl adjacent to an activating group) is 1. The maximum absolute atomic E-state index is 13.2. The lowest BCUT2D eigenvalue weighted by atomic mass is 10.1. The molecule has 0 aliphatic carbocycles. The molecule has 1 aliphatic heterocycles. The van der Waals surface area contributed by atoms with Gasteiger partial charge in [0.05, 0.1) is 0 Å². The van der Waals surface area contributed by atoms with Gasteiger partial charge in [-0.2, -0.15) is 0 Å². The lowest BCUT2D eigenvalue weighted by Gasteiger charge is -2.28. The van der Waals surface area contributed by atoms with Crippen LogP contribution in [0.25, 0.3) is 0 Å². The molecule has 1 unspecified atom stereocenters. The highest BCUT2D eigenvalue weighted by atomic mass is 19.1. The van der Waals surface area contributed by atoms with E-state index in [0.717, 1.165) is 31.9 Å². The molecule has 2 aromatic carbocycles. The Labute approximate surface area is 167 Å². The minimum absolute atomic E-state index is 0.266. The Morgan fingerprint density at radius 3 is 2.43 bits per heavy atom. The molecule has 1 saturated heterocycles. The number of hydrogen-bond donors (Lipinski definition) is 1. The molecule has 1 heterocycles. The van der Waals surface area contributed by atoms with Crippen molar-refractivity contribution in [3.8, 4) is 5.75 Å². The zero-order chi connectivity index (χ0) is 19.8. The lowest BCUT2D eigenvalue weighted by Crippen LogP contribution is -2.33. The third kappa shape index (κ3) is 6.89. The molecule has 28 heavy (non-hydrogen) atoms. The largest absolute Gasteiger partial charge is 0.491 e. The zero-order valence-electron chi connectivity index (χ0n) is 16.6. The number of benzene rings is 2. The predicted molar refractivity (Wildman–Crippen MR) is 110 cm³/mol. The van der Waals surface area contributed by atoms with Gasteiger partial charge in [0.15, 0.2) is 0 Å². The van der Waals surface area contributed by atoms with Crippen molar-refractivity contribution in [2.24, 2.45) is 0 Å². The van der Waals surface area contributed by atoms with E-state index in [1.54, 1.807) is 0 Å². The van der Waals surface area contributed by atoms with Crippen molar-refractivity contribution in [3.63, 3.8) is 0 Å². The van der Waals surface area contributed by atoms with Gasteiger partial charge in [-0.25, -0.2) is 4.39 Å². The van der Waals surface area contributed by atoms with Crippen LogP contribution in [0.2, 0.25) is 0 Å². The van der Waals surface area contributed by atoms with E-state index in [1.165, 1.54) is 11.1 Å². The molecule has 1 N–H and O–H groups in total. The fourth-order valence-electron chi connectivity index (χ4n) is 3.57. The Morgan fingerprint density at radius 1 is 1.07 bits per heavy atom. The van der Waals surface area contributed by atoms with E-state index in [9.17, 15) is 9.50 Å². The average Bonchev–Trinajstić information content (AvgIpc) is 2.70. The molecule has 1 atom stereocenters. The highest BCUT2D eigenvalue weighted by Gasteiger charge is 2.18. The molecule has 0 bridgehead atoms. The molecule has 0 saturated carbocycles. The Hall–Kier alpha value is -1.95. The number of rotatable bonds is 9. The van der Waals surface area contributed by atoms with E-state index in [0.29, 0.717) is 19.4 Å². The fourth-order valence-corrected chi connectivity index (χ4v) is 3.57. The van der Waals surface area contributed by atoms with Crippen molar-refractivity contribution in [2.75, 3.05) is 33.3 Å². The molecule has 0 spiro atoms. The van der Waals surface area contributed by atoms with Gasteiger partial charge < -0.3 is 9.84 Å². The van der Waals surface area contributed by atoms with Crippen LogP contribution in [0.15, 0.2) is 54.6 Å². The first-order chi connectivity index (χ1) is 13.6. The third-order valence-electron chi connectivity index (χ3n) is 5.11. The molecule has 0 aromatic heterocycles. The molecule has 2 aromatic rings. The van der Waals surface area contributed by atoms with Crippen molar-refractivity contribution in [1.82, 2.24) is 9.80 Å². The second-order valence-corrected chi connectivity index (χ2v) is 7.74. The summed E-state index contributed by atoms with van der Waals surface area (Å²) in [6, 6.07) is 18.2. The second-order valence-electron chi connectivity index (χ2n) is 7.74. The molecule has 4 nitrogen and oxygen atoms in total. The number of likely N-dealkylation sites (tertiary alicyclic amines) is 1. The highest BCUT2D eigenvalue weighted by Crippen LogP contribution is 2.18. The van der Waals surface area contributed by atoms with Gasteiger partial charge in [0, 0.05) is 32.7 Å². The van der Waals surface area contributed by atoms with Crippen LogP contribution in [-0.4, -0.2) is 60.5 Å². The smallest absolute Gasteiger partial charge is 0.119 e. The molecule has 3 rings (SSSR count). The first-order valence-electron chi connectivity index (χ1n) is 10.1. The molecule has 5 heteroatoms. The summed E-state index contributed by atoms with van der Waals surface area (Å²) in [5.41, 5.74) is 2.43. The zero-order valence-corrected chi connectivity index (χ0v) is 16.6. The normalized spacial score (nSPS) is 17.0. The lowest BCUT2D eigenvalue weighted by molar-refractivity contribution is 0.0744. The summed E-state index contributed by atoms with van der Waals surface area (Å²) in [4.78, 5) is 4.38. The van der Waals surface area contributed by atoms with Gasteiger partial charge in [0.1, 0.15) is 24.6 Å². The summed E-state index contributed by atoms with van der Waals surface area (Å²) in [5, 5.41) is 10.2. The standard InChI is InChI=1S/C23H31FN2O2/c1-25(15-19-5-3-2-4-6-19)17-22(27)18-28-23-9-7-20(8-10-23)16-26-13-11-21(24)12-14-26/h2-10,21-22,27H,11-18H2,1H3. The van der Waals surface area contributed by atoms with Crippen LogP contribution in [0.4, 0.5) is 4.39 Å². The van der Waals surface area contributed by atoms with Crippen LogP contribution in [0, 0.1) is 0 Å². The van der Waals surface area contributed by atoms with E-state index in [-0.39, 0.29) is 6.61 Å². The minimum Gasteiger partial charge on any atom is -0.491 e. The molecular weight excluding hydrogens is 355 g/mol.